The second-order valence-electron chi connectivity index (χ2n) is 7.22. The third-order valence-corrected chi connectivity index (χ3v) is 3.84. The zero-order chi connectivity index (χ0) is 20.9. The predicted molar refractivity (Wildman–Crippen MR) is 95.2 cm³/mol. The molecule has 1 aromatic carbocycles. The molecule has 0 spiro atoms. The number of aromatic nitrogens is 1. The van der Waals surface area contributed by atoms with E-state index in [2.05, 4.69) is 0 Å². The predicted octanol–water partition coefficient (Wildman–Crippen LogP) is 5.00. The van der Waals surface area contributed by atoms with Gasteiger partial charge in [-0.3, -0.25) is 0 Å². The van der Waals surface area contributed by atoms with Crippen LogP contribution < -0.4 is 4.57 Å². The van der Waals surface area contributed by atoms with Crippen LogP contribution in [0.4, 0.5) is 0 Å². The van der Waals surface area contributed by atoms with Crippen LogP contribution in [0.5, 0.6) is 0 Å². The molecule has 0 aliphatic heterocycles. The quantitative estimate of drug-likeness (QED) is 0.687. The van der Waals surface area contributed by atoms with Gasteiger partial charge in [0.15, 0.2) is 6.20 Å². The summed E-state index contributed by atoms with van der Waals surface area (Å²) in [7, 11) is 1.91. The first-order chi connectivity index (χ1) is 12.1. The first-order valence-corrected chi connectivity index (χ1v) is 7.70. The second kappa shape index (κ2) is 5.87. The fourth-order valence-electron chi connectivity index (χ4n) is 2.64. The van der Waals surface area contributed by atoms with Crippen LogP contribution in [0.15, 0.2) is 24.4 Å². The molecular weight excluding hydrogens is 266 g/mol. The average molecular weight is 302 g/mol. The summed E-state index contributed by atoms with van der Waals surface area (Å²) in [5.41, 5.74) is 4.96. The molecule has 1 heterocycles. The Hall–Kier alpha value is -1.63. The van der Waals surface area contributed by atoms with Gasteiger partial charge in [-0.1, -0.05) is 26.8 Å². The van der Waals surface area contributed by atoms with Crippen LogP contribution in [-0.4, -0.2) is 0 Å². The van der Waals surface area contributed by atoms with Crippen LogP contribution in [0.25, 0.3) is 11.3 Å². The van der Waals surface area contributed by atoms with E-state index in [9.17, 15) is 0 Å². The minimum atomic E-state index is -2.13. The highest BCUT2D eigenvalue weighted by Gasteiger charge is 2.19. The van der Waals surface area contributed by atoms with Crippen LogP contribution in [0.2, 0.25) is 0 Å². The molecule has 2 aromatic rings. The minimum absolute atomic E-state index is 0.379. The van der Waals surface area contributed by atoms with Gasteiger partial charge in [-0.15, -0.1) is 0 Å². The van der Waals surface area contributed by atoms with Gasteiger partial charge >= 0.3 is 0 Å². The van der Waals surface area contributed by atoms with Gasteiger partial charge in [0.2, 0.25) is 5.69 Å². The number of hydrogen-bond acceptors (Lipinski definition) is 0. The van der Waals surface area contributed by atoms with Gasteiger partial charge in [0, 0.05) is 24.0 Å². The molecule has 22 heavy (non-hydrogen) atoms. The zero-order valence-corrected chi connectivity index (χ0v) is 14.8. The first-order valence-electron chi connectivity index (χ1n) is 10.2. The summed E-state index contributed by atoms with van der Waals surface area (Å²) in [4.78, 5) is 0. The summed E-state index contributed by atoms with van der Waals surface area (Å²) >= 11 is 0. The lowest BCUT2D eigenvalue weighted by molar-refractivity contribution is -0.660. The molecule has 0 saturated heterocycles. The highest BCUT2D eigenvalue weighted by Crippen LogP contribution is 2.27. The van der Waals surface area contributed by atoms with Crippen molar-refractivity contribution >= 4 is 0 Å². The average Bonchev–Trinajstić information content (AvgIpc) is 2.48. The molecule has 1 nitrogen and oxygen atoms in total. The maximum atomic E-state index is 8.60. The lowest BCUT2D eigenvalue weighted by Crippen LogP contribution is -2.32. The lowest BCUT2D eigenvalue weighted by Gasteiger charge is -2.19. The monoisotopic (exact) mass is 301 g/mol. The largest absolute Gasteiger partial charge is 0.212 e. The summed E-state index contributed by atoms with van der Waals surface area (Å²) in [6.07, 6.45) is 0.395. The molecule has 0 unspecified atom stereocenters. The third-order valence-electron chi connectivity index (χ3n) is 3.84. The van der Waals surface area contributed by atoms with Crippen molar-refractivity contribution in [3.05, 3.63) is 52.2 Å². The van der Waals surface area contributed by atoms with Crippen molar-refractivity contribution in [3.8, 4) is 11.3 Å². The van der Waals surface area contributed by atoms with Crippen LogP contribution >= 0.6 is 0 Å². The second-order valence-corrected chi connectivity index (χ2v) is 7.22. The van der Waals surface area contributed by atoms with E-state index < -0.39 is 18.6 Å². The summed E-state index contributed by atoms with van der Waals surface area (Å²) in [5.74, 6) is 0. The standard InChI is InChI=1S/C21H30N/c1-14-9-17(4)19(10-15(14)2)20-11-16(3)18(13-22(20)8)12-21(5,6)7/h9-11,13H,12H2,1-8H3/q+1/i1D3,12D2. The van der Waals surface area contributed by atoms with Gasteiger partial charge in [0.05, 0.1) is 0 Å². The topological polar surface area (TPSA) is 3.88 Å². The fourth-order valence-corrected chi connectivity index (χ4v) is 2.64. The van der Waals surface area contributed by atoms with Gasteiger partial charge in [0.25, 0.3) is 0 Å². The molecule has 0 amide bonds. The van der Waals surface area contributed by atoms with E-state index in [0.29, 0.717) is 11.1 Å². The Balaban J connectivity index is 2.66. The SMILES string of the molecule is [2H]C([2H])([2H])c1cc(C)c(-c2cc(C)c(C([2H])([2H])C(C)(C)C)c[n+]2C)cc1C. The molecule has 2 rings (SSSR count). The van der Waals surface area contributed by atoms with Crippen molar-refractivity contribution in [3.63, 3.8) is 0 Å². The Morgan fingerprint density at radius 2 is 1.68 bits per heavy atom. The van der Waals surface area contributed by atoms with Crippen LogP contribution in [0, 0.1) is 33.0 Å². The van der Waals surface area contributed by atoms with E-state index >= 15 is 0 Å². The molecule has 1 aromatic heterocycles. The minimum Gasteiger partial charge on any atom is -0.201 e. The number of aryl methyl sites for hydroxylation is 5. The summed E-state index contributed by atoms with van der Waals surface area (Å²) in [5, 5.41) is 0. The van der Waals surface area contributed by atoms with Crippen molar-refractivity contribution in [1.29, 1.82) is 0 Å². The van der Waals surface area contributed by atoms with E-state index in [1.54, 1.807) is 6.07 Å². The van der Waals surface area contributed by atoms with Gasteiger partial charge in [-0.25, -0.2) is 4.57 Å². The summed E-state index contributed by atoms with van der Waals surface area (Å²) in [6, 6.07) is 5.66. The fraction of sp³-hybridized carbons (Fsp3) is 0.476. The molecule has 0 saturated carbocycles. The Bertz CT molecular complexity index is 874. The molecular formula is C21H30N+. The number of pyridine rings is 1. The maximum absolute atomic E-state index is 8.60. The number of nitrogens with zero attached hydrogens (tertiary/aromatic N) is 1. The van der Waals surface area contributed by atoms with Gasteiger partial charge < -0.3 is 0 Å². The van der Waals surface area contributed by atoms with Crippen LogP contribution in [-0.2, 0) is 13.4 Å². The van der Waals surface area contributed by atoms with Gasteiger partial charge in [-0.2, -0.15) is 0 Å². The molecule has 0 atom stereocenters. The van der Waals surface area contributed by atoms with Crippen LogP contribution in [0.1, 0.15) is 55.4 Å². The Kier molecular flexibility index (Phi) is 2.93. The van der Waals surface area contributed by atoms with Crippen molar-refractivity contribution < 1.29 is 11.4 Å². The normalized spacial score (nSPS) is 16.4. The van der Waals surface area contributed by atoms with E-state index in [1.165, 1.54) is 0 Å². The van der Waals surface area contributed by atoms with E-state index in [1.807, 2.05) is 71.5 Å². The molecule has 0 aliphatic carbocycles. The van der Waals surface area contributed by atoms with Crippen molar-refractivity contribution in [2.75, 3.05) is 0 Å². The molecule has 1 heteroatoms. The molecule has 0 bridgehead atoms. The van der Waals surface area contributed by atoms with Gasteiger partial charge in [0.1, 0.15) is 7.05 Å². The first kappa shape index (κ1) is 11.0. The summed E-state index contributed by atoms with van der Waals surface area (Å²) < 4.78 is 42.2. The molecule has 0 radical (unpaired) electrons. The van der Waals surface area contributed by atoms with E-state index in [4.69, 9.17) is 6.85 Å². The third kappa shape index (κ3) is 3.58. The molecule has 0 N–H and O–H groups in total. The number of benzene rings is 1. The Labute approximate surface area is 143 Å². The zero-order valence-electron chi connectivity index (χ0n) is 19.8. The smallest absolute Gasteiger partial charge is 0.201 e. The van der Waals surface area contributed by atoms with Crippen LogP contribution in [0.3, 0.4) is 0 Å². The van der Waals surface area contributed by atoms with E-state index in [-0.39, 0.29) is 0 Å². The Morgan fingerprint density at radius 1 is 1.00 bits per heavy atom. The van der Waals surface area contributed by atoms with Crippen molar-refractivity contribution in [2.45, 2.75) is 54.8 Å². The van der Waals surface area contributed by atoms with E-state index in [0.717, 1.165) is 27.9 Å². The number of hydrogen-bond donors (Lipinski definition) is 0. The van der Waals surface area contributed by atoms with Crippen molar-refractivity contribution in [1.82, 2.24) is 0 Å². The molecule has 0 fully saturated rings. The highest BCUT2D eigenvalue weighted by molar-refractivity contribution is 5.64. The Morgan fingerprint density at radius 3 is 2.27 bits per heavy atom. The maximum Gasteiger partial charge on any atom is 0.212 e. The number of rotatable bonds is 2. The molecule has 0 aliphatic rings. The summed E-state index contributed by atoms with van der Waals surface area (Å²) in [6.45, 7) is 9.26. The van der Waals surface area contributed by atoms with Crippen molar-refractivity contribution in [2.24, 2.45) is 12.5 Å². The highest BCUT2D eigenvalue weighted by atomic mass is 14.9. The molecule has 118 valence electrons. The lowest BCUT2D eigenvalue weighted by atomic mass is 9.86. The van der Waals surface area contributed by atoms with Gasteiger partial charge in [-0.05, 0) is 67.7 Å².